The molecule has 1 atom stereocenters. The second-order valence-corrected chi connectivity index (χ2v) is 7.61. The van der Waals surface area contributed by atoms with Crippen LogP contribution in [0.5, 0.6) is 5.88 Å². The molecular weight excluding hydrogens is 433 g/mol. The Kier molecular flexibility index (Phi) is 9.45. The Labute approximate surface area is 184 Å². The van der Waals surface area contributed by atoms with Crippen molar-refractivity contribution < 1.29 is 32.4 Å². The van der Waals surface area contributed by atoms with Gasteiger partial charge in [0.25, 0.3) is 5.88 Å². The number of hydrogen-bond acceptors (Lipinski definition) is 8. The van der Waals surface area contributed by atoms with Gasteiger partial charge < -0.3 is 14.4 Å². The van der Waals surface area contributed by atoms with E-state index in [1.165, 1.54) is 6.92 Å². The SMILES string of the molecule is CCOC(=O)C1CCN(c2ncnc(OCCCCC(CC)C(F)(F)F)c2[N+](=O)[O-])CC1. The van der Waals surface area contributed by atoms with Crippen LogP contribution in [0.4, 0.5) is 24.7 Å². The molecule has 1 aliphatic heterocycles. The number of halogens is 3. The number of carbonyl (C=O) groups is 1. The van der Waals surface area contributed by atoms with Gasteiger partial charge in [-0.05, 0) is 45.4 Å². The summed E-state index contributed by atoms with van der Waals surface area (Å²) in [6.07, 6.45) is -1.52. The van der Waals surface area contributed by atoms with Crippen molar-refractivity contribution in [3.8, 4) is 5.88 Å². The van der Waals surface area contributed by atoms with Crippen molar-refractivity contribution in [3.05, 3.63) is 16.4 Å². The minimum Gasteiger partial charge on any atom is -0.473 e. The van der Waals surface area contributed by atoms with Crippen LogP contribution in [-0.2, 0) is 9.53 Å². The fourth-order valence-corrected chi connectivity index (χ4v) is 3.70. The zero-order valence-electron chi connectivity index (χ0n) is 18.3. The zero-order chi connectivity index (χ0) is 23.7. The van der Waals surface area contributed by atoms with E-state index in [1.54, 1.807) is 11.8 Å². The first-order chi connectivity index (χ1) is 15.2. The lowest BCUT2D eigenvalue weighted by molar-refractivity contribution is -0.385. The molecule has 0 N–H and O–H groups in total. The molecule has 2 heterocycles. The normalized spacial score (nSPS) is 16.0. The molecule has 1 aromatic heterocycles. The highest BCUT2D eigenvalue weighted by Gasteiger charge is 2.37. The number of ether oxygens (including phenoxy) is 2. The van der Waals surface area contributed by atoms with Crippen LogP contribution >= 0.6 is 0 Å². The molecule has 0 aromatic carbocycles. The van der Waals surface area contributed by atoms with Gasteiger partial charge in [0.05, 0.1) is 30.0 Å². The summed E-state index contributed by atoms with van der Waals surface area (Å²) in [5.41, 5.74) is -0.385. The molecule has 1 saturated heterocycles. The minimum absolute atomic E-state index is 0.0104. The molecule has 32 heavy (non-hydrogen) atoms. The van der Waals surface area contributed by atoms with E-state index >= 15 is 0 Å². The lowest BCUT2D eigenvalue weighted by Crippen LogP contribution is -2.37. The van der Waals surface area contributed by atoms with Crippen molar-refractivity contribution in [1.29, 1.82) is 0 Å². The second-order valence-electron chi connectivity index (χ2n) is 7.61. The number of rotatable bonds is 11. The van der Waals surface area contributed by atoms with Crippen LogP contribution in [-0.4, -0.2) is 53.3 Å². The van der Waals surface area contributed by atoms with Crippen molar-refractivity contribution in [2.45, 2.75) is 58.5 Å². The molecule has 0 aliphatic carbocycles. The predicted molar refractivity (Wildman–Crippen MR) is 109 cm³/mol. The first kappa shape index (κ1) is 25.6. The summed E-state index contributed by atoms with van der Waals surface area (Å²) in [7, 11) is 0. The maximum Gasteiger partial charge on any atom is 0.391 e. The van der Waals surface area contributed by atoms with E-state index in [1.807, 2.05) is 0 Å². The van der Waals surface area contributed by atoms with Crippen LogP contribution < -0.4 is 9.64 Å². The summed E-state index contributed by atoms with van der Waals surface area (Å²) in [6, 6.07) is 0. The van der Waals surface area contributed by atoms with E-state index in [0.29, 0.717) is 39.0 Å². The molecule has 12 heteroatoms. The van der Waals surface area contributed by atoms with Gasteiger partial charge in [0.15, 0.2) is 0 Å². The van der Waals surface area contributed by atoms with Gasteiger partial charge in [-0.25, -0.2) is 4.98 Å². The smallest absolute Gasteiger partial charge is 0.391 e. The highest BCUT2D eigenvalue weighted by Crippen LogP contribution is 2.36. The van der Waals surface area contributed by atoms with Crippen LogP contribution in [0.2, 0.25) is 0 Å². The third-order valence-corrected chi connectivity index (χ3v) is 5.51. The van der Waals surface area contributed by atoms with E-state index in [9.17, 15) is 28.1 Å². The van der Waals surface area contributed by atoms with Gasteiger partial charge in [0.1, 0.15) is 6.33 Å². The molecule has 9 nitrogen and oxygen atoms in total. The molecule has 180 valence electrons. The molecule has 2 rings (SSSR count). The molecule has 0 radical (unpaired) electrons. The predicted octanol–water partition coefficient (Wildman–Crippen LogP) is 4.30. The van der Waals surface area contributed by atoms with E-state index in [-0.39, 0.29) is 55.1 Å². The number of esters is 1. The third kappa shape index (κ3) is 6.92. The Balaban J connectivity index is 1.97. The molecule has 0 spiro atoms. The average Bonchev–Trinajstić information content (AvgIpc) is 2.75. The van der Waals surface area contributed by atoms with Crippen LogP contribution in [0, 0.1) is 22.0 Å². The maximum atomic E-state index is 12.8. The van der Waals surface area contributed by atoms with Crippen molar-refractivity contribution in [3.63, 3.8) is 0 Å². The van der Waals surface area contributed by atoms with Crippen LogP contribution in [0.15, 0.2) is 6.33 Å². The van der Waals surface area contributed by atoms with Crippen molar-refractivity contribution in [2.75, 3.05) is 31.2 Å². The van der Waals surface area contributed by atoms with Crippen LogP contribution in [0.1, 0.15) is 52.4 Å². The van der Waals surface area contributed by atoms with Crippen molar-refractivity contribution in [1.82, 2.24) is 9.97 Å². The standard InChI is InChI=1S/C20H29F3N4O5/c1-3-15(20(21,22)23)7-5-6-12-32-18-16(27(29)30)17(24-13-25-18)26-10-8-14(9-11-26)19(28)31-4-2/h13-15H,3-12H2,1-2H3. The Bertz CT molecular complexity index is 770. The topological polar surface area (TPSA) is 108 Å². The molecule has 1 aliphatic rings. The van der Waals surface area contributed by atoms with Crippen LogP contribution in [0.25, 0.3) is 0 Å². The Hall–Kier alpha value is -2.66. The largest absolute Gasteiger partial charge is 0.473 e. The molecule has 1 aromatic rings. The minimum atomic E-state index is -4.23. The number of piperidine rings is 1. The number of unbranched alkanes of at least 4 members (excludes halogenated alkanes) is 1. The summed E-state index contributed by atoms with van der Waals surface area (Å²) in [6.45, 7) is 4.31. The highest BCUT2D eigenvalue weighted by atomic mass is 19.4. The summed E-state index contributed by atoms with van der Waals surface area (Å²) >= 11 is 0. The number of alkyl halides is 3. The number of aromatic nitrogens is 2. The maximum absolute atomic E-state index is 12.8. The van der Waals surface area contributed by atoms with Gasteiger partial charge in [-0.1, -0.05) is 6.92 Å². The second kappa shape index (κ2) is 11.8. The van der Waals surface area contributed by atoms with E-state index in [0.717, 1.165) is 6.33 Å². The first-order valence-electron chi connectivity index (χ1n) is 10.8. The quantitative estimate of drug-likeness (QED) is 0.207. The van der Waals surface area contributed by atoms with Gasteiger partial charge in [-0.15, -0.1) is 0 Å². The van der Waals surface area contributed by atoms with E-state index in [4.69, 9.17) is 9.47 Å². The molecular formula is C20H29F3N4O5. The number of nitro groups is 1. The fourth-order valence-electron chi connectivity index (χ4n) is 3.70. The molecule has 1 fully saturated rings. The third-order valence-electron chi connectivity index (χ3n) is 5.51. The zero-order valence-corrected chi connectivity index (χ0v) is 18.3. The van der Waals surface area contributed by atoms with Gasteiger partial charge in [-0.3, -0.25) is 14.9 Å². The summed E-state index contributed by atoms with van der Waals surface area (Å²) < 4.78 is 48.9. The summed E-state index contributed by atoms with van der Waals surface area (Å²) in [5.74, 6) is -2.00. The number of nitrogens with zero attached hydrogens (tertiary/aromatic N) is 4. The monoisotopic (exact) mass is 462 g/mol. The van der Waals surface area contributed by atoms with Gasteiger partial charge in [0.2, 0.25) is 5.82 Å². The molecule has 1 unspecified atom stereocenters. The van der Waals surface area contributed by atoms with Crippen LogP contribution in [0.3, 0.4) is 0 Å². The molecule has 0 bridgehead atoms. The number of hydrogen-bond donors (Lipinski definition) is 0. The summed E-state index contributed by atoms with van der Waals surface area (Å²) in [5, 5.41) is 11.7. The fraction of sp³-hybridized carbons (Fsp3) is 0.750. The van der Waals surface area contributed by atoms with Crippen molar-refractivity contribution >= 4 is 17.5 Å². The highest BCUT2D eigenvalue weighted by molar-refractivity contribution is 5.73. The molecule has 0 saturated carbocycles. The molecule has 0 amide bonds. The van der Waals surface area contributed by atoms with Crippen molar-refractivity contribution in [2.24, 2.45) is 11.8 Å². The van der Waals surface area contributed by atoms with Gasteiger partial charge >= 0.3 is 17.8 Å². The Morgan fingerprint density at radius 2 is 1.97 bits per heavy atom. The Morgan fingerprint density at radius 3 is 2.53 bits per heavy atom. The lowest BCUT2D eigenvalue weighted by Gasteiger charge is -2.31. The first-order valence-corrected chi connectivity index (χ1v) is 10.8. The van der Waals surface area contributed by atoms with E-state index in [2.05, 4.69) is 9.97 Å². The lowest BCUT2D eigenvalue weighted by atomic mass is 9.97. The van der Waals surface area contributed by atoms with E-state index < -0.39 is 17.0 Å². The Morgan fingerprint density at radius 1 is 1.28 bits per heavy atom. The average molecular weight is 462 g/mol. The number of anilines is 1. The van der Waals surface area contributed by atoms with Gasteiger partial charge in [-0.2, -0.15) is 18.2 Å². The van der Waals surface area contributed by atoms with Gasteiger partial charge in [0, 0.05) is 13.1 Å². The number of carbonyl (C=O) groups excluding carboxylic acids is 1. The summed E-state index contributed by atoms with van der Waals surface area (Å²) in [4.78, 5) is 32.6.